The lowest BCUT2D eigenvalue weighted by atomic mass is 10.1. The van der Waals surface area contributed by atoms with E-state index in [1.807, 2.05) is 0 Å². The van der Waals surface area contributed by atoms with E-state index in [-0.39, 0.29) is 18.2 Å². The van der Waals surface area contributed by atoms with Gasteiger partial charge in [-0.25, -0.2) is 0 Å². The van der Waals surface area contributed by atoms with Gasteiger partial charge < -0.3 is 10.0 Å². The van der Waals surface area contributed by atoms with Crippen molar-refractivity contribution in [2.75, 3.05) is 39.3 Å². The van der Waals surface area contributed by atoms with E-state index in [0.717, 1.165) is 0 Å². The molecule has 21 heavy (non-hydrogen) atoms. The molecule has 2 rings (SSSR count). The molecule has 0 aromatic heterocycles. The number of hydrogen-bond acceptors (Lipinski definition) is 5. The number of carbonyl (C=O) groups excluding carboxylic acids is 1. The molecule has 7 nitrogen and oxygen atoms in total. The molecule has 1 fully saturated rings. The number of nitro benzene ring substituents is 1. The highest BCUT2D eigenvalue weighted by Crippen LogP contribution is 2.22. The first-order valence-corrected chi connectivity index (χ1v) is 7.38. The number of non-ortho nitro benzene ring substituents is 1. The standard InChI is InChI=1S/C13H16BrN3O4/c14-11-7-10(8-12(9-11)17(20)21)13(19)16-3-1-15(2-4-16)5-6-18/h7-9,18H,1-6H2. The summed E-state index contributed by atoms with van der Waals surface area (Å²) in [4.78, 5) is 26.5. The Hall–Kier alpha value is -1.51. The van der Waals surface area contributed by atoms with Gasteiger partial charge in [-0.1, -0.05) is 15.9 Å². The molecule has 0 spiro atoms. The first kappa shape index (κ1) is 15.9. The lowest BCUT2D eigenvalue weighted by Gasteiger charge is -2.34. The van der Waals surface area contributed by atoms with Gasteiger partial charge >= 0.3 is 0 Å². The molecule has 1 aromatic carbocycles. The Morgan fingerprint density at radius 3 is 2.52 bits per heavy atom. The fourth-order valence-electron chi connectivity index (χ4n) is 2.30. The molecule has 1 aliphatic rings. The molecule has 0 radical (unpaired) electrons. The molecule has 0 atom stereocenters. The Balaban J connectivity index is 2.09. The number of amides is 1. The second kappa shape index (κ2) is 6.97. The van der Waals surface area contributed by atoms with Gasteiger partial charge in [0, 0.05) is 54.9 Å². The van der Waals surface area contributed by atoms with Gasteiger partial charge in [-0.15, -0.1) is 0 Å². The van der Waals surface area contributed by atoms with Gasteiger partial charge in [0.05, 0.1) is 11.5 Å². The van der Waals surface area contributed by atoms with Gasteiger partial charge in [0.25, 0.3) is 11.6 Å². The van der Waals surface area contributed by atoms with Crippen LogP contribution >= 0.6 is 15.9 Å². The molecule has 1 amide bonds. The summed E-state index contributed by atoms with van der Waals surface area (Å²) < 4.78 is 0.513. The SMILES string of the molecule is O=C(c1cc(Br)cc([N+](=O)[O-])c1)N1CCN(CCO)CC1. The summed E-state index contributed by atoms with van der Waals surface area (Å²) in [7, 11) is 0. The predicted molar refractivity (Wildman–Crippen MR) is 80.2 cm³/mol. The average molecular weight is 358 g/mol. The van der Waals surface area contributed by atoms with Crippen LogP contribution in [-0.4, -0.2) is 65.1 Å². The second-order valence-electron chi connectivity index (χ2n) is 4.81. The van der Waals surface area contributed by atoms with Crippen LogP contribution in [0.25, 0.3) is 0 Å². The third-order valence-electron chi connectivity index (χ3n) is 3.42. The van der Waals surface area contributed by atoms with E-state index >= 15 is 0 Å². The molecular formula is C13H16BrN3O4. The van der Waals surface area contributed by atoms with E-state index < -0.39 is 4.92 Å². The van der Waals surface area contributed by atoms with E-state index in [1.54, 1.807) is 11.0 Å². The third-order valence-corrected chi connectivity index (χ3v) is 3.87. The lowest BCUT2D eigenvalue weighted by Crippen LogP contribution is -2.49. The van der Waals surface area contributed by atoms with Crippen molar-refractivity contribution in [3.8, 4) is 0 Å². The molecule has 1 saturated heterocycles. The van der Waals surface area contributed by atoms with Crippen molar-refractivity contribution in [3.05, 3.63) is 38.3 Å². The van der Waals surface area contributed by atoms with Crippen LogP contribution < -0.4 is 0 Å². The summed E-state index contributed by atoms with van der Waals surface area (Å²) in [5.41, 5.74) is 0.207. The zero-order valence-corrected chi connectivity index (χ0v) is 13.0. The highest BCUT2D eigenvalue weighted by Gasteiger charge is 2.23. The number of β-amino-alcohol motifs (C(OH)–C–C–N with tert-alkyl or cyclic N) is 1. The van der Waals surface area contributed by atoms with Crippen molar-refractivity contribution in [2.24, 2.45) is 0 Å². The maximum atomic E-state index is 12.4. The number of hydrogen-bond donors (Lipinski definition) is 1. The van der Waals surface area contributed by atoms with Crippen LogP contribution in [0.1, 0.15) is 10.4 Å². The predicted octanol–water partition coefficient (Wildman–Crippen LogP) is 1.11. The molecule has 114 valence electrons. The molecule has 1 N–H and O–H groups in total. The monoisotopic (exact) mass is 357 g/mol. The fraction of sp³-hybridized carbons (Fsp3) is 0.462. The number of piperazine rings is 1. The summed E-state index contributed by atoms with van der Waals surface area (Å²) >= 11 is 3.19. The minimum absolute atomic E-state index is 0.103. The van der Waals surface area contributed by atoms with Crippen LogP contribution in [-0.2, 0) is 0 Å². The van der Waals surface area contributed by atoms with Gasteiger partial charge in [0.2, 0.25) is 0 Å². The zero-order chi connectivity index (χ0) is 15.4. The molecule has 1 aromatic rings. The quantitative estimate of drug-likeness (QED) is 0.644. The minimum Gasteiger partial charge on any atom is -0.395 e. The number of nitro groups is 1. The van der Waals surface area contributed by atoms with E-state index in [2.05, 4.69) is 20.8 Å². The molecule has 0 aliphatic carbocycles. The van der Waals surface area contributed by atoms with E-state index in [0.29, 0.717) is 42.8 Å². The van der Waals surface area contributed by atoms with Crippen molar-refractivity contribution in [2.45, 2.75) is 0 Å². The van der Waals surface area contributed by atoms with Crippen LogP contribution in [0, 0.1) is 10.1 Å². The van der Waals surface area contributed by atoms with Crippen LogP contribution in [0.4, 0.5) is 5.69 Å². The molecule has 0 unspecified atom stereocenters. The third kappa shape index (κ3) is 3.99. The van der Waals surface area contributed by atoms with Crippen molar-refractivity contribution in [1.82, 2.24) is 9.80 Å². The van der Waals surface area contributed by atoms with Crippen molar-refractivity contribution in [1.29, 1.82) is 0 Å². The summed E-state index contributed by atoms with van der Waals surface area (Å²) in [5.74, 6) is -0.206. The summed E-state index contributed by atoms with van der Waals surface area (Å²) in [5, 5.41) is 19.7. The number of aliphatic hydroxyl groups excluding tert-OH is 1. The van der Waals surface area contributed by atoms with Gasteiger partial charge in [-0.2, -0.15) is 0 Å². The Bertz CT molecular complexity index is 544. The molecule has 1 heterocycles. The number of halogens is 1. The van der Waals surface area contributed by atoms with Crippen LogP contribution in [0.3, 0.4) is 0 Å². The number of nitrogens with zero attached hydrogens (tertiary/aromatic N) is 3. The number of benzene rings is 1. The van der Waals surface area contributed by atoms with E-state index in [9.17, 15) is 14.9 Å². The molecule has 0 bridgehead atoms. The van der Waals surface area contributed by atoms with Crippen molar-refractivity contribution >= 4 is 27.5 Å². The number of rotatable bonds is 4. The highest BCUT2D eigenvalue weighted by molar-refractivity contribution is 9.10. The maximum Gasteiger partial charge on any atom is 0.271 e. The van der Waals surface area contributed by atoms with E-state index in [1.165, 1.54) is 12.1 Å². The number of aliphatic hydroxyl groups is 1. The van der Waals surface area contributed by atoms with E-state index in [4.69, 9.17) is 5.11 Å². The Kier molecular flexibility index (Phi) is 5.27. The zero-order valence-electron chi connectivity index (χ0n) is 11.4. The fourth-order valence-corrected chi connectivity index (χ4v) is 2.78. The smallest absolute Gasteiger partial charge is 0.271 e. The second-order valence-corrected chi connectivity index (χ2v) is 5.73. The van der Waals surface area contributed by atoms with Crippen molar-refractivity contribution < 1.29 is 14.8 Å². The summed E-state index contributed by atoms with van der Waals surface area (Å²) in [6.45, 7) is 3.21. The molecule has 8 heteroatoms. The lowest BCUT2D eigenvalue weighted by molar-refractivity contribution is -0.385. The van der Waals surface area contributed by atoms with Crippen molar-refractivity contribution in [3.63, 3.8) is 0 Å². The minimum atomic E-state index is -0.513. The number of carbonyl (C=O) groups is 1. The van der Waals surface area contributed by atoms with Crippen LogP contribution in [0.2, 0.25) is 0 Å². The van der Waals surface area contributed by atoms with Gasteiger partial charge in [-0.3, -0.25) is 19.8 Å². The normalized spacial score (nSPS) is 16.0. The highest BCUT2D eigenvalue weighted by atomic mass is 79.9. The van der Waals surface area contributed by atoms with Gasteiger partial charge in [0.1, 0.15) is 0 Å². The Morgan fingerprint density at radius 1 is 1.29 bits per heavy atom. The molecular weight excluding hydrogens is 342 g/mol. The van der Waals surface area contributed by atoms with Crippen LogP contribution in [0.5, 0.6) is 0 Å². The molecule has 1 aliphatic heterocycles. The topological polar surface area (TPSA) is 86.9 Å². The Morgan fingerprint density at radius 2 is 1.95 bits per heavy atom. The van der Waals surface area contributed by atoms with Gasteiger partial charge in [-0.05, 0) is 6.07 Å². The van der Waals surface area contributed by atoms with Crippen LogP contribution in [0.15, 0.2) is 22.7 Å². The summed E-state index contributed by atoms with van der Waals surface area (Å²) in [6.07, 6.45) is 0. The molecule has 0 saturated carbocycles. The first-order valence-electron chi connectivity index (χ1n) is 6.58. The Labute approximate surface area is 130 Å². The summed E-state index contributed by atoms with van der Waals surface area (Å²) in [6, 6.07) is 4.26. The first-order chi connectivity index (χ1) is 10.0. The largest absolute Gasteiger partial charge is 0.395 e. The average Bonchev–Trinajstić information content (AvgIpc) is 2.47. The van der Waals surface area contributed by atoms with Gasteiger partial charge in [0.15, 0.2) is 0 Å². The maximum absolute atomic E-state index is 12.4.